The minimum Gasteiger partial charge on any atom is -0.302 e. The van der Waals surface area contributed by atoms with Crippen molar-refractivity contribution in [1.29, 1.82) is 0 Å². The first-order valence-corrected chi connectivity index (χ1v) is 6.04. The van der Waals surface area contributed by atoms with E-state index >= 15 is 0 Å². The predicted molar refractivity (Wildman–Crippen MR) is 73.8 cm³/mol. The molecule has 90 valence electrons. The molecule has 0 atom stereocenters. The summed E-state index contributed by atoms with van der Waals surface area (Å²) in [7, 11) is 3.74. The number of aromatic nitrogens is 4. The highest BCUT2D eigenvalue weighted by Crippen LogP contribution is 2.19. The largest absolute Gasteiger partial charge is 0.302 e. The summed E-state index contributed by atoms with van der Waals surface area (Å²) in [5.41, 5.74) is 1.80. The lowest BCUT2D eigenvalue weighted by Crippen LogP contribution is -1.95. The van der Waals surface area contributed by atoms with Crippen LogP contribution in [0.1, 0.15) is 0 Å². The lowest BCUT2D eigenvalue weighted by molar-refractivity contribution is 0.741. The van der Waals surface area contributed by atoms with E-state index in [-0.39, 0.29) is 0 Å². The van der Waals surface area contributed by atoms with Gasteiger partial charge in [-0.15, -0.1) is 0 Å². The van der Waals surface area contributed by atoms with Gasteiger partial charge in [-0.2, -0.15) is 5.10 Å². The summed E-state index contributed by atoms with van der Waals surface area (Å²) in [5, 5.41) is 5.52. The molecule has 0 aliphatic carbocycles. The standard InChI is InChI=1S/C13H12N4S/c1-16-12(15-17(2)13(16)18)11-8-7-9-5-3-4-6-10(9)14-11/h3-8H,1-2H3. The molecule has 0 aliphatic heterocycles. The lowest BCUT2D eigenvalue weighted by atomic mass is 10.2. The highest BCUT2D eigenvalue weighted by Gasteiger charge is 2.09. The topological polar surface area (TPSA) is 35.6 Å². The van der Waals surface area contributed by atoms with Gasteiger partial charge < -0.3 is 4.57 Å². The Morgan fingerprint density at radius 2 is 1.83 bits per heavy atom. The summed E-state index contributed by atoms with van der Waals surface area (Å²) in [6.07, 6.45) is 0. The Hall–Kier alpha value is -2.01. The van der Waals surface area contributed by atoms with Crippen molar-refractivity contribution in [2.75, 3.05) is 0 Å². The number of nitrogens with zero attached hydrogens (tertiary/aromatic N) is 4. The van der Waals surface area contributed by atoms with Crippen LogP contribution in [0.2, 0.25) is 0 Å². The molecule has 2 aromatic heterocycles. The van der Waals surface area contributed by atoms with Crippen molar-refractivity contribution in [3.8, 4) is 11.5 Å². The molecular formula is C13H12N4S. The van der Waals surface area contributed by atoms with Crippen LogP contribution >= 0.6 is 12.2 Å². The molecule has 0 amide bonds. The first kappa shape index (κ1) is 11.1. The summed E-state index contributed by atoms with van der Waals surface area (Å²) >= 11 is 5.25. The third kappa shape index (κ3) is 1.64. The Balaban J connectivity index is 2.25. The first-order chi connectivity index (χ1) is 8.66. The SMILES string of the molecule is Cn1nc(-c2ccc3ccccc3n2)n(C)c1=S. The molecular weight excluding hydrogens is 244 g/mol. The van der Waals surface area contributed by atoms with Crippen molar-refractivity contribution in [3.63, 3.8) is 0 Å². The van der Waals surface area contributed by atoms with Gasteiger partial charge in [0.05, 0.1) is 5.52 Å². The van der Waals surface area contributed by atoms with Gasteiger partial charge in [0.25, 0.3) is 0 Å². The van der Waals surface area contributed by atoms with Crippen LogP contribution in [0.4, 0.5) is 0 Å². The third-order valence-electron chi connectivity index (χ3n) is 2.95. The van der Waals surface area contributed by atoms with Crippen LogP contribution in [-0.2, 0) is 14.1 Å². The normalized spacial score (nSPS) is 11.0. The molecule has 2 heterocycles. The summed E-state index contributed by atoms with van der Waals surface area (Å²) in [4.78, 5) is 4.62. The smallest absolute Gasteiger partial charge is 0.197 e. The zero-order chi connectivity index (χ0) is 12.7. The molecule has 0 unspecified atom stereocenters. The van der Waals surface area contributed by atoms with E-state index in [2.05, 4.69) is 16.1 Å². The monoisotopic (exact) mass is 256 g/mol. The van der Waals surface area contributed by atoms with Crippen molar-refractivity contribution in [3.05, 3.63) is 41.2 Å². The lowest BCUT2D eigenvalue weighted by Gasteiger charge is -2.01. The molecule has 5 heteroatoms. The molecule has 0 saturated carbocycles. The van der Waals surface area contributed by atoms with Crippen LogP contribution < -0.4 is 0 Å². The Morgan fingerprint density at radius 1 is 1.06 bits per heavy atom. The van der Waals surface area contributed by atoms with Gasteiger partial charge in [-0.1, -0.05) is 24.3 Å². The van der Waals surface area contributed by atoms with Crippen molar-refractivity contribution < 1.29 is 0 Å². The van der Waals surface area contributed by atoms with Crippen LogP contribution in [-0.4, -0.2) is 19.3 Å². The minimum atomic E-state index is 0.681. The predicted octanol–water partition coefficient (Wildman–Crippen LogP) is 2.70. The van der Waals surface area contributed by atoms with E-state index in [0.717, 1.165) is 22.4 Å². The Morgan fingerprint density at radius 3 is 2.56 bits per heavy atom. The number of pyridine rings is 1. The third-order valence-corrected chi connectivity index (χ3v) is 3.49. The maximum atomic E-state index is 5.25. The molecule has 0 spiro atoms. The number of rotatable bonds is 1. The zero-order valence-electron chi connectivity index (χ0n) is 10.2. The van der Waals surface area contributed by atoms with E-state index < -0.39 is 0 Å². The molecule has 3 aromatic rings. The van der Waals surface area contributed by atoms with Crippen LogP contribution in [0.25, 0.3) is 22.4 Å². The maximum absolute atomic E-state index is 5.25. The van der Waals surface area contributed by atoms with E-state index in [0.29, 0.717) is 4.77 Å². The molecule has 0 fully saturated rings. The molecule has 0 bridgehead atoms. The molecule has 4 nitrogen and oxygen atoms in total. The fourth-order valence-electron chi connectivity index (χ4n) is 1.97. The van der Waals surface area contributed by atoms with Gasteiger partial charge in [0.2, 0.25) is 0 Å². The highest BCUT2D eigenvalue weighted by atomic mass is 32.1. The second kappa shape index (κ2) is 4.03. The van der Waals surface area contributed by atoms with Gasteiger partial charge in [0.15, 0.2) is 10.6 Å². The van der Waals surface area contributed by atoms with E-state index in [4.69, 9.17) is 12.2 Å². The highest BCUT2D eigenvalue weighted by molar-refractivity contribution is 7.71. The van der Waals surface area contributed by atoms with Gasteiger partial charge in [-0.05, 0) is 24.4 Å². The number of para-hydroxylation sites is 1. The number of benzene rings is 1. The Labute approximate surface area is 110 Å². The Kier molecular flexibility index (Phi) is 2.48. The van der Waals surface area contributed by atoms with Gasteiger partial charge in [-0.3, -0.25) is 0 Å². The Bertz CT molecular complexity index is 785. The molecule has 0 saturated heterocycles. The number of hydrogen-bond donors (Lipinski definition) is 0. The average molecular weight is 256 g/mol. The number of aryl methyl sites for hydroxylation is 1. The summed E-state index contributed by atoms with van der Waals surface area (Å²) < 4.78 is 4.23. The van der Waals surface area contributed by atoms with Crippen molar-refractivity contribution in [2.45, 2.75) is 0 Å². The number of fused-ring (bicyclic) bond motifs is 1. The van der Waals surface area contributed by atoms with Crippen LogP contribution in [0, 0.1) is 4.77 Å². The molecule has 18 heavy (non-hydrogen) atoms. The second-order valence-electron chi connectivity index (χ2n) is 4.18. The van der Waals surface area contributed by atoms with Crippen LogP contribution in [0.5, 0.6) is 0 Å². The van der Waals surface area contributed by atoms with Gasteiger partial charge in [-0.25, -0.2) is 9.67 Å². The summed E-state index contributed by atoms with van der Waals surface area (Å²) in [6.45, 7) is 0. The molecule has 0 N–H and O–H groups in total. The van der Waals surface area contributed by atoms with Gasteiger partial charge in [0.1, 0.15) is 5.69 Å². The quantitative estimate of drug-likeness (QED) is 0.628. The summed E-state index contributed by atoms with van der Waals surface area (Å²) in [5.74, 6) is 0.785. The van der Waals surface area contributed by atoms with Crippen molar-refractivity contribution in [2.24, 2.45) is 14.1 Å². The van der Waals surface area contributed by atoms with Crippen molar-refractivity contribution >= 4 is 23.1 Å². The first-order valence-electron chi connectivity index (χ1n) is 5.63. The summed E-state index contributed by atoms with van der Waals surface area (Å²) in [6, 6.07) is 12.1. The van der Waals surface area contributed by atoms with Gasteiger partial charge >= 0.3 is 0 Å². The van der Waals surface area contributed by atoms with E-state index in [1.807, 2.05) is 49.0 Å². The molecule has 0 aliphatic rings. The molecule has 1 aromatic carbocycles. The van der Waals surface area contributed by atoms with Crippen LogP contribution in [0.3, 0.4) is 0 Å². The van der Waals surface area contributed by atoms with E-state index in [9.17, 15) is 0 Å². The molecule has 0 radical (unpaired) electrons. The maximum Gasteiger partial charge on any atom is 0.197 e. The van der Waals surface area contributed by atoms with Crippen LogP contribution in [0.15, 0.2) is 36.4 Å². The van der Waals surface area contributed by atoms with Gasteiger partial charge in [0, 0.05) is 19.5 Å². The van der Waals surface area contributed by atoms with Crippen molar-refractivity contribution in [1.82, 2.24) is 19.3 Å². The average Bonchev–Trinajstić information content (AvgIpc) is 2.66. The fourth-order valence-corrected chi connectivity index (χ4v) is 2.10. The zero-order valence-corrected chi connectivity index (χ0v) is 11.0. The van der Waals surface area contributed by atoms with E-state index in [1.165, 1.54) is 0 Å². The van der Waals surface area contributed by atoms with E-state index in [1.54, 1.807) is 4.68 Å². The fraction of sp³-hybridized carbons (Fsp3) is 0.154. The molecule has 3 rings (SSSR count). The number of hydrogen-bond acceptors (Lipinski definition) is 3. The second-order valence-corrected chi connectivity index (χ2v) is 4.54. The minimum absolute atomic E-state index is 0.681.